The summed E-state index contributed by atoms with van der Waals surface area (Å²) in [6.45, 7) is 8.57. The first kappa shape index (κ1) is 23.1. The lowest BCUT2D eigenvalue weighted by Gasteiger charge is -2.46. The standard InChI is InChI=1S/C23H32N2O6/c1-6-30-20(26)17-13-25(22(28)31-14-15(2)3)23(4)19(17)16-9-7-8-10-18(16)24(21(23)27)11-12-29-5/h7-10,15,17,19H,6,11-14H2,1-5H3/t17-,19+,23-/m0/s1. The zero-order valence-electron chi connectivity index (χ0n) is 18.9. The van der Waals surface area contributed by atoms with Crippen LogP contribution in [0.15, 0.2) is 24.3 Å². The third-order valence-electron chi connectivity index (χ3n) is 6.06. The van der Waals surface area contributed by atoms with Gasteiger partial charge in [0.05, 0.1) is 25.7 Å². The van der Waals surface area contributed by atoms with Crippen molar-refractivity contribution in [3.8, 4) is 0 Å². The van der Waals surface area contributed by atoms with E-state index < -0.39 is 29.4 Å². The number of benzene rings is 1. The van der Waals surface area contributed by atoms with E-state index in [1.807, 2.05) is 38.1 Å². The lowest BCUT2D eigenvalue weighted by molar-refractivity contribution is -0.148. The maximum absolute atomic E-state index is 13.8. The molecule has 1 aromatic rings. The number of likely N-dealkylation sites (tertiary alicyclic amines) is 1. The number of carbonyl (C=O) groups is 3. The topological polar surface area (TPSA) is 85.4 Å². The molecule has 3 rings (SSSR count). The SMILES string of the molecule is CCOC(=O)[C@H]1CN(C(=O)OCC(C)C)[C@]2(C)C(=O)N(CCOC)c3ccccc3[C@H]12. The van der Waals surface area contributed by atoms with Crippen molar-refractivity contribution in [2.24, 2.45) is 11.8 Å². The summed E-state index contributed by atoms with van der Waals surface area (Å²) in [6.07, 6.45) is -0.590. The Labute approximate surface area is 183 Å². The molecular weight excluding hydrogens is 400 g/mol. The van der Waals surface area contributed by atoms with E-state index in [-0.39, 0.29) is 31.6 Å². The molecule has 0 saturated carbocycles. The van der Waals surface area contributed by atoms with Gasteiger partial charge in [-0.3, -0.25) is 14.5 Å². The van der Waals surface area contributed by atoms with Gasteiger partial charge in [-0.1, -0.05) is 32.0 Å². The van der Waals surface area contributed by atoms with Crippen LogP contribution in [0.4, 0.5) is 10.5 Å². The van der Waals surface area contributed by atoms with Crippen molar-refractivity contribution in [1.82, 2.24) is 4.90 Å². The molecule has 1 aromatic carbocycles. The first-order chi connectivity index (χ1) is 14.8. The molecule has 0 N–H and O–H groups in total. The molecule has 31 heavy (non-hydrogen) atoms. The molecule has 0 unspecified atom stereocenters. The first-order valence-corrected chi connectivity index (χ1v) is 10.8. The minimum absolute atomic E-state index is 0.0646. The van der Waals surface area contributed by atoms with Crippen LogP contribution in [0.1, 0.15) is 39.2 Å². The lowest BCUT2D eigenvalue weighted by Crippen LogP contribution is -2.62. The average Bonchev–Trinajstić information content (AvgIpc) is 3.07. The third kappa shape index (κ3) is 4.01. The van der Waals surface area contributed by atoms with Crippen molar-refractivity contribution in [3.63, 3.8) is 0 Å². The molecule has 2 amide bonds. The fraction of sp³-hybridized carbons (Fsp3) is 0.609. The summed E-state index contributed by atoms with van der Waals surface area (Å²) in [4.78, 5) is 42.9. The Morgan fingerprint density at radius 2 is 1.94 bits per heavy atom. The minimum atomic E-state index is -1.27. The zero-order valence-corrected chi connectivity index (χ0v) is 18.9. The molecule has 0 bridgehead atoms. The van der Waals surface area contributed by atoms with Crippen LogP contribution in [-0.4, -0.2) is 68.4 Å². The van der Waals surface area contributed by atoms with Gasteiger partial charge in [0.15, 0.2) is 0 Å². The van der Waals surface area contributed by atoms with E-state index in [1.165, 1.54) is 4.90 Å². The van der Waals surface area contributed by atoms with Crippen LogP contribution >= 0.6 is 0 Å². The van der Waals surface area contributed by atoms with Crippen molar-refractivity contribution >= 4 is 23.7 Å². The molecule has 2 aliphatic heterocycles. The Kier molecular flexibility index (Phi) is 6.89. The highest BCUT2D eigenvalue weighted by molar-refractivity contribution is 6.07. The molecule has 2 aliphatic rings. The number of carbonyl (C=O) groups excluding carboxylic acids is 3. The van der Waals surface area contributed by atoms with Crippen LogP contribution in [0.3, 0.4) is 0 Å². The highest BCUT2D eigenvalue weighted by atomic mass is 16.6. The van der Waals surface area contributed by atoms with E-state index >= 15 is 0 Å². The summed E-state index contributed by atoms with van der Waals surface area (Å²) in [7, 11) is 1.58. The van der Waals surface area contributed by atoms with Crippen LogP contribution in [0, 0.1) is 11.8 Å². The molecule has 2 heterocycles. The van der Waals surface area contributed by atoms with Crippen molar-refractivity contribution in [2.45, 2.75) is 39.2 Å². The van der Waals surface area contributed by atoms with Gasteiger partial charge in [0.25, 0.3) is 5.91 Å². The fourth-order valence-electron chi connectivity index (χ4n) is 4.64. The van der Waals surface area contributed by atoms with Gasteiger partial charge in [-0.05, 0) is 31.4 Å². The van der Waals surface area contributed by atoms with Crippen LogP contribution in [0.25, 0.3) is 0 Å². The maximum atomic E-state index is 13.8. The normalized spacial score (nSPS) is 24.8. The number of amides is 2. The van der Waals surface area contributed by atoms with Crippen molar-refractivity contribution in [1.29, 1.82) is 0 Å². The molecule has 170 valence electrons. The van der Waals surface area contributed by atoms with E-state index in [0.29, 0.717) is 13.2 Å². The second kappa shape index (κ2) is 9.26. The molecule has 1 fully saturated rings. The van der Waals surface area contributed by atoms with Gasteiger partial charge >= 0.3 is 12.1 Å². The molecule has 0 radical (unpaired) electrons. The Hall–Kier alpha value is -2.61. The number of esters is 1. The Balaban J connectivity index is 2.10. The van der Waals surface area contributed by atoms with Crippen LogP contribution in [0.2, 0.25) is 0 Å². The molecule has 0 aromatic heterocycles. The minimum Gasteiger partial charge on any atom is -0.466 e. The van der Waals surface area contributed by atoms with Crippen LogP contribution in [-0.2, 0) is 23.8 Å². The molecule has 0 spiro atoms. The smallest absolute Gasteiger partial charge is 0.410 e. The summed E-state index contributed by atoms with van der Waals surface area (Å²) in [6, 6.07) is 7.52. The van der Waals surface area contributed by atoms with E-state index in [1.54, 1.807) is 25.9 Å². The number of rotatable bonds is 7. The second-order valence-electron chi connectivity index (χ2n) is 8.57. The zero-order chi connectivity index (χ0) is 22.8. The largest absolute Gasteiger partial charge is 0.466 e. The third-order valence-corrected chi connectivity index (χ3v) is 6.06. The summed E-state index contributed by atoms with van der Waals surface area (Å²) >= 11 is 0. The van der Waals surface area contributed by atoms with Crippen molar-refractivity contribution in [2.75, 3.05) is 44.9 Å². The number of ether oxygens (including phenoxy) is 3. The van der Waals surface area contributed by atoms with Gasteiger partial charge in [-0.25, -0.2) is 4.79 Å². The lowest BCUT2D eigenvalue weighted by atomic mass is 9.72. The molecule has 3 atom stereocenters. The summed E-state index contributed by atoms with van der Waals surface area (Å²) in [5.74, 6) is -1.70. The monoisotopic (exact) mass is 432 g/mol. The van der Waals surface area contributed by atoms with Gasteiger partial charge in [0, 0.05) is 31.8 Å². The highest BCUT2D eigenvalue weighted by Gasteiger charge is 2.64. The Morgan fingerprint density at radius 1 is 1.23 bits per heavy atom. The van der Waals surface area contributed by atoms with Crippen LogP contribution in [0.5, 0.6) is 0 Å². The molecule has 8 heteroatoms. The number of anilines is 1. The van der Waals surface area contributed by atoms with Crippen molar-refractivity contribution in [3.05, 3.63) is 29.8 Å². The number of fused-ring (bicyclic) bond motifs is 3. The number of para-hydroxylation sites is 1. The molecule has 0 aliphatic carbocycles. The molecule has 8 nitrogen and oxygen atoms in total. The fourth-order valence-corrected chi connectivity index (χ4v) is 4.64. The Bertz CT molecular complexity index is 841. The van der Waals surface area contributed by atoms with Crippen LogP contribution < -0.4 is 4.90 Å². The van der Waals surface area contributed by atoms with Gasteiger partial charge < -0.3 is 19.1 Å². The van der Waals surface area contributed by atoms with Gasteiger partial charge in [0.1, 0.15) is 5.54 Å². The summed E-state index contributed by atoms with van der Waals surface area (Å²) < 4.78 is 16.0. The molecule has 1 saturated heterocycles. The Morgan fingerprint density at radius 3 is 2.58 bits per heavy atom. The molecular formula is C23H32N2O6. The van der Waals surface area contributed by atoms with E-state index in [9.17, 15) is 14.4 Å². The average molecular weight is 433 g/mol. The number of hydrogen-bond acceptors (Lipinski definition) is 6. The predicted octanol–water partition coefficient (Wildman–Crippen LogP) is 2.81. The predicted molar refractivity (Wildman–Crippen MR) is 115 cm³/mol. The first-order valence-electron chi connectivity index (χ1n) is 10.8. The second-order valence-corrected chi connectivity index (χ2v) is 8.57. The summed E-state index contributed by atoms with van der Waals surface area (Å²) in [5, 5.41) is 0. The van der Waals surface area contributed by atoms with E-state index in [4.69, 9.17) is 14.2 Å². The van der Waals surface area contributed by atoms with Crippen molar-refractivity contribution < 1.29 is 28.6 Å². The number of hydrogen-bond donors (Lipinski definition) is 0. The maximum Gasteiger partial charge on any atom is 0.410 e. The van der Waals surface area contributed by atoms with Gasteiger partial charge in [-0.15, -0.1) is 0 Å². The highest BCUT2D eigenvalue weighted by Crippen LogP contribution is 2.53. The van der Waals surface area contributed by atoms with Gasteiger partial charge in [-0.2, -0.15) is 0 Å². The number of methoxy groups -OCH3 is 1. The van der Waals surface area contributed by atoms with E-state index in [0.717, 1.165) is 11.3 Å². The van der Waals surface area contributed by atoms with E-state index in [2.05, 4.69) is 0 Å². The van der Waals surface area contributed by atoms with Gasteiger partial charge in [0.2, 0.25) is 0 Å². The quantitative estimate of drug-likeness (QED) is 0.616. The summed E-state index contributed by atoms with van der Waals surface area (Å²) in [5.41, 5.74) is 0.310. The number of nitrogens with zero attached hydrogens (tertiary/aromatic N) is 2.